The number of carbonyl (C=O) groups is 1. The number of thiazole rings is 1. The van der Waals surface area contributed by atoms with E-state index in [0.29, 0.717) is 5.56 Å². The maximum absolute atomic E-state index is 11.1. The smallest absolute Gasteiger partial charge is 0.336 e. The van der Waals surface area contributed by atoms with E-state index in [1.165, 1.54) is 17.6 Å². The summed E-state index contributed by atoms with van der Waals surface area (Å²) < 4.78 is 3.09. The summed E-state index contributed by atoms with van der Waals surface area (Å²) in [6.07, 6.45) is 1.47. The van der Waals surface area contributed by atoms with Crippen LogP contribution in [0.5, 0.6) is 0 Å². The Kier molecular flexibility index (Phi) is 3.84. The molecule has 0 aliphatic heterocycles. The van der Waals surface area contributed by atoms with Crippen molar-refractivity contribution in [3.05, 3.63) is 64.5 Å². The Hall–Kier alpha value is -2.73. The van der Waals surface area contributed by atoms with Crippen LogP contribution in [0, 0.1) is 0 Å². The number of hydrogen-bond acceptors (Lipinski definition) is 4. The highest BCUT2D eigenvalue weighted by molar-refractivity contribution is 7.16. The van der Waals surface area contributed by atoms with Crippen molar-refractivity contribution in [3.8, 4) is 0 Å². The van der Waals surface area contributed by atoms with Crippen molar-refractivity contribution in [1.29, 1.82) is 0 Å². The van der Waals surface area contributed by atoms with Crippen molar-refractivity contribution >= 4 is 33.7 Å². The molecule has 0 saturated carbocycles. The number of para-hydroxylation sites is 1. The van der Waals surface area contributed by atoms with Gasteiger partial charge in [-0.3, -0.25) is 0 Å². The maximum atomic E-state index is 11.1. The van der Waals surface area contributed by atoms with Crippen molar-refractivity contribution in [3.63, 3.8) is 0 Å². The van der Waals surface area contributed by atoms with Crippen molar-refractivity contribution in [2.24, 2.45) is 17.3 Å². The fourth-order valence-electron chi connectivity index (χ4n) is 2.12. The number of carboxylic acid groups (broad SMARTS) is 1. The quantitative estimate of drug-likeness (QED) is 0.597. The number of nitrogens with zero attached hydrogens (tertiary/aromatic N) is 3. The zero-order valence-corrected chi connectivity index (χ0v) is 12.6. The molecule has 1 N–H and O–H groups in total. The molecular formula is C16H13N3O2S. The monoisotopic (exact) mass is 311 g/mol. The van der Waals surface area contributed by atoms with Crippen LogP contribution in [0.2, 0.25) is 0 Å². The highest BCUT2D eigenvalue weighted by atomic mass is 32.1. The Morgan fingerprint density at radius 2 is 1.91 bits per heavy atom. The minimum Gasteiger partial charge on any atom is -0.478 e. The predicted molar refractivity (Wildman–Crippen MR) is 87.4 cm³/mol. The number of hydrogen-bond donors (Lipinski definition) is 1. The first-order chi connectivity index (χ1) is 10.7. The molecule has 22 heavy (non-hydrogen) atoms. The lowest BCUT2D eigenvalue weighted by molar-refractivity contribution is 0.0697. The van der Waals surface area contributed by atoms with Gasteiger partial charge < -0.3 is 9.67 Å². The number of benzene rings is 2. The summed E-state index contributed by atoms with van der Waals surface area (Å²) in [5.41, 5.74) is 1.83. The van der Waals surface area contributed by atoms with Gasteiger partial charge in [-0.2, -0.15) is 5.10 Å². The van der Waals surface area contributed by atoms with Gasteiger partial charge in [-0.25, -0.2) is 4.79 Å². The van der Waals surface area contributed by atoms with Crippen LogP contribution in [0.3, 0.4) is 0 Å². The summed E-state index contributed by atoms with van der Waals surface area (Å²) in [5, 5.41) is 17.4. The molecule has 0 aliphatic carbocycles. The second-order valence-corrected chi connectivity index (χ2v) is 5.66. The van der Waals surface area contributed by atoms with Gasteiger partial charge in [-0.05, 0) is 18.2 Å². The maximum Gasteiger partial charge on any atom is 0.336 e. The van der Waals surface area contributed by atoms with Crippen LogP contribution in [0.4, 0.5) is 0 Å². The van der Waals surface area contributed by atoms with E-state index in [9.17, 15) is 4.79 Å². The third kappa shape index (κ3) is 2.68. The number of rotatable bonds is 3. The van der Waals surface area contributed by atoms with Crippen molar-refractivity contribution in [2.75, 3.05) is 0 Å². The summed E-state index contributed by atoms with van der Waals surface area (Å²) in [6.45, 7) is 0. The lowest BCUT2D eigenvalue weighted by Crippen LogP contribution is -2.09. The van der Waals surface area contributed by atoms with Crippen LogP contribution < -0.4 is 4.80 Å². The predicted octanol–water partition coefficient (Wildman–Crippen LogP) is 2.87. The molecule has 1 aromatic heterocycles. The second kappa shape index (κ2) is 5.95. The normalized spacial score (nSPS) is 12.3. The molecule has 0 saturated heterocycles. The van der Waals surface area contributed by atoms with E-state index in [0.717, 1.165) is 15.0 Å². The van der Waals surface area contributed by atoms with E-state index < -0.39 is 5.97 Å². The van der Waals surface area contributed by atoms with Crippen LogP contribution in [-0.4, -0.2) is 21.9 Å². The molecule has 0 aliphatic rings. The molecule has 2 aromatic carbocycles. The van der Waals surface area contributed by atoms with Gasteiger partial charge in [0.1, 0.15) is 0 Å². The van der Waals surface area contributed by atoms with Crippen LogP contribution in [-0.2, 0) is 7.05 Å². The molecule has 0 spiro atoms. The molecule has 3 rings (SSSR count). The number of carboxylic acids is 1. The van der Waals surface area contributed by atoms with E-state index in [4.69, 9.17) is 5.11 Å². The summed E-state index contributed by atoms with van der Waals surface area (Å²) in [4.78, 5) is 11.9. The van der Waals surface area contributed by atoms with Gasteiger partial charge in [0.2, 0.25) is 4.80 Å². The van der Waals surface area contributed by atoms with Gasteiger partial charge in [0.25, 0.3) is 0 Å². The summed E-state index contributed by atoms with van der Waals surface area (Å²) >= 11 is 1.54. The lowest BCUT2D eigenvalue weighted by Gasteiger charge is -1.97. The van der Waals surface area contributed by atoms with Gasteiger partial charge in [-0.15, -0.1) is 5.10 Å². The Morgan fingerprint density at radius 1 is 1.18 bits per heavy atom. The van der Waals surface area contributed by atoms with Gasteiger partial charge in [0.05, 0.1) is 22.0 Å². The summed E-state index contributed by atoms with van der Waals surface area (Å²) in [6, 6.07) is 14.7. The Bertz CT molecular complexity index is 938. The van der Waals surface area contributed by atoms with Gasteiger partial charge >= 0.3 is 5.97 Å². The molecule has 0 atom stereocenters. The highest BCUT2D eigenvalue weighted by Gasteiger charge is 2.06. The first-order valence-electron chi connectivity index (χ1n) is 6.61. The van der Waals surface area contributed by atoms with Gasteiger partial charge in [0, 0.05) is 12.6 Å². The van der Waals surface area contributed by atoms with E-state index >= 15 is 0 Å². The average Bonchev–Trinajstić information content (AvgIpc) is 2.85. The molecule has 5 nitrogen and oxygen atoms in total. The number of aryl methyl sites for hydroxylation is 1. The molecule has 6 heteroatoms. The largest absolute Gasteiger partial charge is 0.478 e. The van der Waals surface area contributed by atoms with E-state index in [-0.39, 0.29) is 5.56 Å². The number of aromatic nitrogens is 1. The molecule has 0 radical (unpaired) electrons. The van der Waals surface area contributed by atoms with Crippen LogP contribution in [0.25, 0.3) is 10.2 Å². The third-order valence-electron chi connectivity index (χ3n) is 3.25. The Morgan fingerprint density at radius 3 is 2.68 bits per heavy atom. The van der Waals surface area contributed by atoms with Crippen molar-refractivity contribution in [2.45, 2.75) is 0 Å². The molecule has 0 fully saturated rings. The van der Waals surface area contributed by atoms with Crippen LogP contribution >= 0.6 is 11.3 Å². The van der Waals surface area contributed by atoms with Crippen LogP contribution in [0.1, 0.15) is 15.9 Å². The summed E-state index contributed by atoms with van der Waals surface area (Å²) in [5.74, 6) is -0.977. The molecule has 3 aromatic rings. The topological polar surface area (TPSA) is 67.0 Å². The molecule has 110 valence electrons. The van der Waals surface area contributed by atoms with Crippen molar-refractivity contribution in [1.82, 2.24) is 4.57 Å². The number of fused-ring (bicyclic) bond motifs is 1. The van der Waals surface area contributed by atoms with Crippen molar-refractivity contribution < 1.29 is 9.90 Å². The molecular weight excluding hydrogens is 298 g/mol. The van der Waals surface area contributed by atoms with Crippen LogP contribution in [0.15, 0.2) is 58.7 Å². The lowest BCUT2D eigenvalue weighted by atomic mass is 10.1. The molecule has 0 bridgehead atoms. The Labute approximate surface area is 130 Å². The summed E-state index contributed by atoms with van der Waals surface area (Å²) in [7, 11) is 1.93. The highest BCUT2D eigenvalue weighted by Crippen LogP contribution is 2.15. The third-order valence-corrected chi connectivity index (χ3v) is 4.35. The first kappa shape index (κ1) is 14.2. The minimum atomic E-state index is -0.977. The molecule has 1 heterocycles. The van der Waals surface area contributed by atoms with Gasteiger partial charge in [0.15, 0.2) is 0 Å². The average molecular weight is 311 g/mol. The zero-order chi connectivity index (χ0) is 15.5. The van der Waals surface area contributed by atoms with E-state index in [1.54, 1.807) is 24.3 Å². The second-order valence-electron chi connectivity index (χ2n) is 4.65. The standard InChI is InChI=1S/C16H13N3O2S/c1-19-13-8-4-5-9-14(13)22-16(19)18-17-10-11-6-2-3-7-12(11)15(20)21/h2-10H,1H3,(H,20,21)/b17-10-,18-16+. The zero-order valence-electron chi connectivity index (χ0n) is 11.8. The van der Waals surface area contributed by atoms with Gasteiger partial charge in [-0.1, -0.05) is 41.7 Å². The van der Waals surface area contributed by atoms with E-state index in [2.05, 4.69) is 10.2 Å². The first-order valence-corrected chi connectivity index (χ1v) is 7.42. The minimum absolute atomic E-state index is 0.210. The molecule has 0 amide bonds. The fourth-order valence-corrected chi connectivity index (χ4v) is 3.10. The Balaban J connectivity index is 1.99. The number of aromatic carboxylic acids is 1. The van der Waals surface area contributed by atoms with E-state index in [1.807, 2.05) is 35.9 Å². The SMILES string of the molecule is Cn1/c(=N\N=C/c2ccccc2C(=O)O)sc2ccccc21. The fraction of sp³-hybridized carbons (Fsp3) is 0.0625. The molecule has 0 unspecified atom stereocenters.